The van der Waals surface area contributed by atoms with E-state index in [2.05, 4.69) is 10.00 Å². The van der Waals surface area contributed by atoms with E-state index >= 15 is 0 Å². The summed E-state index contributed by atoms with van der Waals surface area (Å²) in [6.07, 6.45) is 12.0. The Morgan fingerprint density at radius 1 is 1.11 bits per heavy atom. The highest BCUT2D eigenvalue weighted by Gasteiger charge is 2.43. The van der Waals surface area contributed by atoms with Gasteiger partial charge >= 0.3 is 0 Å². The van der Waals surface area contributed by atoms with Crippen molar-refractivity contribution >= 4 is 5.91 Å². The maximum absolute atomic E-state index is 12.9. The SMILES string of the molecule is Cn1nc(C(=O)N2CCC3(CCCN(CCC4CCCCC4)C3)C2)ccc1=O. The average Bonchev–Trinajstić information content (AvgIpc) is 3.12. The van der Waals surface area contributed by atoms with Crippen LogP contribution in [0.5, 0.6) is 0 Å². The van der Waals surface area contributed by atoms with E-state index in [1.807, 2.05) is 4.90 Å². The van der Waals surface area contributed by atoms with Gasteiger partial charge in [0.1, 0.15) is 5.69 Å². The van der Waals surface area contributed by atoms with Crippen molar-refractivity contribution in [3.05, 3.63) is 28.2 Å². The van der Waals surface area contributed by atoms with Gasteiger partial charge in [-0.05, 0) is 50.8 Å². The molecule has 0 aromatic carbocycles. The Bertz CT molecular complexity index is 755. The molecular weight excluding hydrogens is 352 g/mol. The molecule has 0 radical (unpaired) electrons. The largest absolute Gasteiger partial charge is 0.337 e. The predicted molar refractivity (Wildman–Crippen MR) is 109 cm³/mol. The van der Waals surface area contributed by atoms with E-state index in [1.54, 1.807) is 13.1 Å². The fourth-order valence-corrected chi connectivity index (χ4v) is 5.56. The Kier molecular flexibility index (Phi) is 5.85. The molecule has 1 aliphatic carbocycles. The molecule has 154 valence electrons. The van der Waals surface area contributed by atoms with Gasteiger partial charge < -0.3 is 9.80 Å². The fraction of sp³-hybridized carbons (Fsp3) is 0.773. The smallest absolute Gasteiger partial charge is 0.274 e. The lowest BCUT2D eigenvalue weighted by Gasteiger charge is -2.41. The molecule has 3 fully saturated rings. The molecule has 1 amide bonds. The molecule has 1 atom stereocenters. The molecule has 2 saturated heterocycles. The van der Waals surface area contributed by atoms with Crippen LogP contribution in [0.15, 0.2) is 16.9 Å². The third kappa shape index (κ3) is 4.32. The number of rotatable bonds is 4. The maximum Gasteiger partial charge on any atom is 0.274 e. The fourth-order valence-electron chi connectivity index (χ4n) is 5.56. The highest BCUT2D eigenvalue weighted by Crippen LogP contribution is 2.39. The van der Waals surface area contributed by atoms with Gasteiger partial charge in [-0.1, -0.05) is 32.1 Å². The number of likely N-dealkylation sites (tertiary alicyclic amines) is 2. The zero-order chi connectivity index (χ0) is 19.6. The standard InChI is InChI=1S/C22H34N4O2/c1-24-20(27)9-8-19(23-24)21(28)26-15-12-22(17-26)11-5-13-25(16-22)14-10-18-6-3-2-4-7-18/h8-9,18H,2-7,10-17H2,1H3. The van der Waals surface area contributed by atoms with Crippen molar-refractivity contribution in [2.45, 2.75) is 57.8 Å². The second-order valence-electron chi connectivity index (χ2n) is 9.33. The number of piperidine rings is 1. The van der Waals surface area contributed by atoms with Crippen LogP contribution in [0.2, 0.25) is 0 Å². The Balaban J connectivity index is 1.34. The van der Waals surface area contributed by atoms with Crippen LogP contribution in [-0.2, 0) is 7.05 Å². The number of hydrogen-bond acceptors (Lipinski definition) is 4. The third-order valence-corrected chi connectivity index (χ3v) is 7.22. The summed E-state index contributed by atoms with van der Waals surface area (Å²) in [4.78, 5) is 29.0. The number of aryl methyl sites for hydroxylation is 1. The lowest BCUT2D eigenvalue weighted by Crippen LogP contribution is -2.46. The number of carbonyl (C=O) groups is 1. The van der Waals surface area contributed by atoms with Gasteiger partial charge in [0.25, 0.3) is 11.5 Å². The van der Waals surface area contributed by atoms with Crippen LogP contribution in [0, 0.1) is 11.3 Å². The molecule has 1 unspecified atom stereocenters. The number of nitrogens with zero attached hydrogens (tertiary/aromatic N) is 4. The monoisotopic (exact) mass is 386 g/mol. The first-order chi connectivity index (χ1) is 13.5. The molecule has 3 heterocycles. The summed E-state index contributed by atoms with van der Waals surface area (Å²) in [5.74, 6) is 0.899. The summed E-state index contributed by atoms with van der Waals surface area (Å²) < 4.78 is 1.24. The van der Waals surface area contributed by atoms with E-state index in [-0.39, 0.29) is 16.9 Å². The molecule has 2 aliphatic heterocycles. The topological polar surface area (TPSA) is 58.4 Å². The molecule has 6 heteroatoms. The average molecular weight is 387 g/mol. The second kappa shape index (κ2) is 8.36. The minimum atomic E-state index is -0.185. The first-order valence-corrected chi connectivity index (χ1v) is 11.1. The summed E-state index contributed by atoms with van der Waals surface area (Å²) in [6.45, 7) is 5.20. The van der Waals surface area contributed by atoms with E-state index < -0.39 is 0 Å². The highest BCUT2D eigenvalue weighted by atomic mass is 16.2. The molecule has 6 nitrogen and oxygen atoms in total. The molecule has 0 N–H and O–H groups in total. The molecule has 1 saturated carbocycles. The van der Waals surface area contributed by atoms with Gasteiger partial charge in [0.15, 0.2) is 0 Å². The Hall–Kier alpha value is -1.69. The van der Waals surface area contributed by atoms with Crippen molar-refractivity contribution < 1.29 is 4.79 Å². The van der Waals surface area contributed by atoms with Crippen LogP contribution in [-0.4, -0.2) is 58.2 Å². The predicted octanol–water partition coefficient (Wildman–Crippen LogP) is 2.68. The number of carbonyl (C=O) groups excluding carboxylic acids is 1. The maximum atomic E-state index is 12.9. The van der Waals surface area contributed by atoms with E-state index in [4.69, 9.17) is 0 Å². The number of aromatic nitrogens is 2. The van der Waals surface area contributed by atoms with E-state index in [9.17, 15) is 9.59 Å². The first-order valence-electron chi connectivity index (χ1n) is 11.1. The van der Waals surface area contributed by atoms with Crippen molar-refractivity contribution in [3.8, 4) is 0 Å². The summed E-state index contributed by atoms with van der Waals surface area (Å²) in [7, 11) is 1.59. The molecule has 3 aliphatic rings. The summed E-state index contributed by atoms with van der Waals surface area (Å²) >= 11 is 0. The zero-order valence-electron chi connectivity index (χ0n) is 17.2. The Morgan fingerprint density at radius 2 is 1.93 bits per heavy atom. The van der Waals surface area contributed by atoms with E-state index in [1.165, 1.54) is 75.2 Å². The summed E-state index contributed by atoms with van der Waals surface area (Å²) in [6, 6.07) is 2.99. The zero-order valence-corrected chi connectivity index (χ0v) is 17.2. The third-order valence-electron chi connectivity index (χ3n) is 7.22. The minimum absolute atomic E-state index is 0.0354. The van der Waals surface area contributed by atoms with E-state index in [0.29, 0.717) is 5.69 Å². The summed E-state index contributed by atoms with van der Waals surface area (Å²) in [5, 5.41) is 4.15. The summed E-state index contributed by atoms with van der Waals surface area (Å²) in [5.41, 5.74) is 0.445. The molecule has 1 spiro atoms. The van der Waals surface area contributed by atoms with Gasteiger partial charge in [-0.25, -0.2) is 4.68 Å². The Labute approximate surface area is 167 Å². The Morgan fingerprint density at radius 3 is 2.71 bits per heavy atom. The van der Waals surface area contributed by atoms with Gasteiger partial charge in [-0.2, -0.15) is 5.10 Å². The van der Waals surface area contributed by atoms with Gasteiger partial charge in [-0.15, -0.1) is 0 Å². The van der Waals surface area contributed by atoms with Crippen molar-refractivity contribution in [2.75, 3.05) is 32.7 Å². The van der Waals surface area contributed by atoms with Gasteiger partial charge in [-0.3, -0.25) is 9.59 Å². The van der Waals surface area contributed by atoms with Crippen LogP contribution in [0.1, 0.15) is 68.3 Å². The van der Waals surface area contributed by atoms with Crippen molar-refractivity contribution in [2.24, 2.45) is 18.4 Å². The normalized spacial score (nSPS) is 26.8. The number of amides is 1. The van der Waals surface area contributed by atoms with Crippen LogP contribution in [0.4, 0.5) is 0 Å². The van der Waals surface area contributed by atoms with Crippen molar-refractivity contribution in [1.29, 1.82) is 0 Å². The molecule has 28 heavy (non-hydrogen) atoms. The van der Waals surface area contributed by atoms with Gasteiger partial charge in [0, 0.05) is 38.2 Å². The minimum Gasteiger partial charge on any atom is -0.337 e. The molecule has 0 bridgehead atoms. The molecule has 4 rings (SSSR count). The highest BCUT2D eigenvalue weighted by molar-refractivity contribution is 5.92. The van der Waals surface area contributed by atoms with Gasteiger partial charge in [0.05, 0.1) is 0 Å². The quantitative estimate of drug-likeness (QED) is 0.798. The van der Waals surface area contributed by atoms with Crippen LogP contribution in [0.25, 0.3) is 0 Å². The van der Waals surface area contributed by atoms with Crippen LogP contribution >= 0.6 is 0 Å². The molecule has 1 aromatic heterocycles. The molecular formula is C22H34N4O2. The van der Waals surface area contributed by atoms with Crippen LogP contribution < -0.4 is 5.56 Å². The van der Waals surface area contributed by atoms with E-state index in [0.717, 1.165) is 32.0 Å². The van der Waals surface area contributed by atoms with Crippen molar-refractivity contribution in [1.82, 2.24) is 19.6 Å². The second-order valence-corrected chi connectivity index (χ2v) is 9.33. The van der Waals surface area contributed by atoms with Gasteiger partial charge in [0.2, 0.25) is 0 Å². The lowest BCUT2D eigenvalue weighted by molar-refractivity contribution is 0.0668. The van der Waals surface area contributed by atoms with Crippen LogP contribution in [0.3, 0.4) is 0 Å². The molecule has 1 aromatic rings. The van der Waals surface area contributed by atoms with Crippen molar-refractivity contribution in [3.63, 3.8) is 0 Å². The number of hydrogen-bond donors (Lipinski definition) is 0. The lowest BCUT2D eigenvalue weighted by atomic mass is 9.79. The first kappa shape index (κ1) is 19.6.